The average molecular weight is 340 g/mol. The monoisotopic (exact) mass is 340 g/mol. The van der Waals surface area contributed by atoms with E-state index in [0.29, 0.717) is 17.4 Å². The van der Waals surface area contributed by atoms with Gasteiger partial charge in [-0.05, 0) is 49.9 Å². The standard InChI is InChI=1S/C20H21FN2O2/c1-13(14-4-7-17(25-3)8-5-14)23(2)12-16-11-20(24)18-10-15(21)6-9-19(18)22-16/h4-11,13H,12H2,1-3H3,(H,22,24). The fourth-order valence-corrected chi connectivity index (χ4v) is 2.90. The summed E-state index contributed by atoms with van der Waals surface area (Å²) in [5, 5.41) is 0.370. The van der Waals surface area contributed by atoms with Crippen LogP contribution in [0.15, 0.2) is 53.3 Å². The summed E-state index contributed by atoms with van der Waals surface area (Å²) in [6.07, 6.45) is 0. The highest BCUT2D eigenvalue weighted by Crippen LogP contribution is 2.23. The van der Waals surface area contributed by atoms with Gasteiger partial charge < -0.3 is 9.72 Å². The molecule has 4 nitrogen and oxygen atoms in total. The van der Waals surface area contributed by atoms with Crippen molar-refractivity contribution in [2.45, 2.75) is 19.5 Å². The third kappa shape index (κ3) is 3.72. The van der Waals surface area contributed by atoms with Crippen LogP contribution in [0.5, 0.6) is 5.75 Å². The van der Waals surface area contributed by atoms with E-state index >= 15 is 0 Å². The Morgan fingerprint density at radius 1 is 1.16 bits per heavy atom. The number of pyridine rings is 1. The van der Waals surface area contributed by atoms with Gasteiger partial charge in [-0.25, -0.2) is 4.39 Å². The van der Waals surface area contributed by atoms with E-state index in [1.54, 1.807) is 19.2 Å². The lowest BCUT2D eigenvalue weighted by atomic mass is 10.1. The van der Waals surface area contributed by atoms with Crippen LogP contribution >= 0.6 is 0 Å². The molecule has 0 spiro atoms. The first kappa shape index (κ1) is 17.2. The zero-order valence-corrected chi connectivity index (χ0v) is 14.5. The first-order valence-electron chi connectivity index (χ1n) is 8.13. The highest BCUT2D eigenvalue weighted by Gasteiger charge is 2.13. The van der Waals surface area contributed by atoms with Crippen molar-refractivity contribution in [3.8, 4) is 5.75 Å². The van der Waals surface area contributed by atoms with E-state index in [9.17, 15) is 9.18 Å². The van der Waals surface area contributed by atoms with E-state index < -0.39 is 5.82 Å². The Balaban J connectivity index is 1.82. The molecular weight excluding hydrogens is 319 g/mol. The minimum atomic E-state index is -0.406. The van der Waals surface area contributed by atoms with E-state index in [-0.39, 0.29) is 11.5 Å². The minimum absolute atomic E-state index is 0.165. The summed E-state index contributed by atoms with van der Waals surface area (Å²) in [5.41, 5.74) is 2.43. The average Bonchev–Trinajstić information content (AvgIpc) is 2.62. The molecule has 0 aliphatic heterocycles. The summed E-state index contributed by atoms with van der Waals surface area (Å²) in [6.45, 7) is 2.69. The normalized spacial score (nSPS) is 12.5. The Morgan fingerprint density at radius 3 is 2.56 bits per heavy atom. The SMILES string of the molecule is COc1ccc(C(C)N(C)Cc2cc(=O)c3cc(F)ccc3[nH]2)cc1. The zero-order valence-electron chi connectivity index (χ0n) is 14.5. The van der Waals surface area contributed by atoms with Crippen molar-refractivity contribution >= 4 is 10.9 Å². The van der Waals surface area contributed by atoms with Crippen LogP contribution in [-0.2, 0) is 6.54 Å². The van der Waals surface area contributed by atoms with Crippen LogP contribution in [0.1, 0.15) is 24.2 Å². The number of hydrogen-bond acceptors (Lipinski definition) is 3. The fraction of sp³-hybridized carbons (Fsp3) is 0.250. The van der Waals surface area contributed by atoms with Gasteiger partial charge >= 0.3 is 0 Å². The molecule has 5 heteroatoms. The van der Waals surface area contributed by atoms with Crippen molar-refractivity contribution in [3.63, 3.8) is 0 Å². The molecular formula is C20H21FN2O2. The smallest absolute Gasteiger partial charge is 0.189 e. The van der Waals surface area contributed by atoms with Gasteiger partial charge in [0.15, 0.2) is 5.43 Å². The van der Waals surface area contributed by atoms with Gasteiger partial charge in [-0.15, -0.1) is 0 Å². The first-order valence-corrected chi connectivity index (χ1v) is 8.13. The minimum Gasteiger partial charge on any atom is -0.497 e. The maximum atomic E-state index is 13.3. The Bertz CT molecular complexity index is 935. The molecule has 0 saturated heterocycles. The molecule has 0 bridgehead atoms. The number of aromatic amines is 1. The molecule has 1 heterocycles. The van der Waals surface area contributed by atoms with Crippen molar-refractivity contribution in [1.82, 2.24) is 9.88 Å². The van der Waals surface area contributed by atoms with Crippen molar-refractivity contribution in [3.05, 3.63) is 75.8 Å². The van der Waals surface area contributed by atoms with Gasteiger partial charge in [-0.3, -0.25) is 9.69 Å². The van der Waals surface area contributed by atoms with Crippen LogP contribution in [0.2, 0.25) is 0 Å². The lowest BCUT2D eigenvalue weighted by Crippen LogP contribution is -2.23. The maximum absolute atomic E-state index is 13.3. The number of methoxy groups -OCH3 is 1. The number of benzene rings is 2. The second-order valence-corrected chi connectivity index (χ2v) is 6.21. The number of hydrogen-bond donors (Lipinski definition) is 1. The lowest BCUT2D eigenvalue weighted by Gasteiger charge is -2.25. The molecule has 0 amide bonds. The van der Waals surface area contributed by atoms with E-state index in [2.05, 4.69) is 16.8 Å². The molecule has 0 aliphatic rings. The molecule has 130 valence electrons. The topological polar surface area (TPSA) is 45.3 Å². The van der Waals surface area contributed by atoms with Crippen LogP contribution in [-0.4, -0.2) is 24.0 Å². The van der Waals surface area contributed by atoms with Crippen LogP contribution in [0.4, 0.5) is 4.39 Å². The zero-order chi connectivity index (χ0) is 18.0. The van der Waals surface area contributed by atoms with Gasteiger partial charge in [-0.1, -0.05) is 12.1 Å². The van der Waals surface area contributed by atoms with Crippen molar-refractivity contribution in [1.29, 1.82) is 0 Å². The van der Waals surface area contributed by atoms with E-state index in [4.69, 9.17) is 4.74 Å². The quantitative estimate of drug-likeness (QED) is 0.767. The maximum Gasteiger partial charge on any atom is 0.189 e. The Kier molecular flexibility index (Phi) is 4.86. The van der Waals surface area contributed by atoms with Gasteiger partial charge in [0.05, 0.1) is 7.11 Å². The predicted octanol–water partition coefficient (Wildman–Crippen LogP) is 3.87. The number of ether oxygens (including phenoxy) is 1. The van der Waals surface area contributed by atoms with E-state index in [1.165, 1.54) is 12.1 Å². The molecule has 0 aliphatic carbocycles. The third-order valence-corrected chi connectivity index (χ3v) is 4.53. The molecule has 25 heavy (non-hydrogen) atoms. The summed E-state index contributed by atoms with van der Waals surface area (Å²) < 4.78 is 18.5. The second kappa shape index (κ2) is 7.07. The summed E-state index contributed by atoms with van der Waals surface area (Å²) in [7, 11) is 3.65. The molecule has 3 aromatic rings. The predicted molar refractivity (Wildman–Crippen MR) is 97.4 cm³/mol. The number of nitrogens with zero attached hydrogens (tertiary/aromatic N) is 1. The van der Waals surface area contributed by atoms with Gasteiger partial charge in [0.1, 0.15) is 11.6 Å². The van der Waals surface area contributed by atoms with Crippen LogP contribution in [0, 0.1) is 5.82 Å². The summed E-state index contributed by atoms with van der Waals surface area (Å²) in [4.78, 5) is 17.6. The Hall–Kier alpha value is -2.66. The van der Waals surface area contributed by atoms with Gasteiger partial charge in [0.25, 0.3) is 0 Å². The molecule has 1 unspecified atom stereocenters. The highest BCUT2D eigenvalue weighted by atomic mass is 19.1. The molecule has 2 aromatic carbocycles. The lowest BCUT2D eigenvalue weighted by molar-refractivity contribution is 0.250. The number of H-pyrrole nitrogens is 1. The number of rotatable bonds is 5. The molecule has 1 aromatic heterocycles. The summed E-state index contributed by atoms with van der Waals surface area (Å²) >= 11 is 0. The van der Waals surface area contributed by atoms with Gasteiger partial charge in [-0.2, -0.15) is 0 Å². The van der Waals surface area contributed by atoms with Crippen LogP contribution < -0.4 is 10.2 Å². The van der Waals surface area contributed by atoms with Gasteiger partial charge in [0.2, 0.25) is 0 Å². The molecule has 3 rings (SSSR count). The van der Waals surface area contributed by atoms with Crippen LogP contribution in [0.3, 0.4) is 0 Å². The van der Waals surface area contributed by atoms with E-state index in [1.807, 2.05) is 31.3 Å². The largest absolute Gasteiger partial charge is 0.497 e. The summed E-state index contributed by atoms with van der Waals surface area (Å²) in [6, 6.07) is 13.9. The van der Waals surface area contributed by atoms with Crippen molar-refractivity contribution < 1.29 is 9.13 Å². The third-order valence-electron chi connectivity index (χ3n) is 4.53. The highest BCUT2D eigenvalue weighted by molar-refractivity contribution is 5.78. The molecule has 0 radical (unpaired) electrons. The Labute approximate surface area is 145 Å². The molecule has 1 N–H and O–H groups in total. The fourth-order valence-electron chi connectivity index (χ4n) is 2.90. The van der Waals surface area contributed by atoms with Crippen molar-refractivity contribution in [2.75, 3.05) is 14.2 Å². The first-order chi connectivity index (χ1) is 12.0. The number of fused-ring (bicyclic) bond motifs is 1. The molecule has 0 saturated carbocycles. The molecule has 0 fully saturated rings. The number of nitrogens with one attached hydrogen (secondary N) is 1. The molecule has 1 atom stereocenters. The van der Waals surface area contributed by atoms with E-state index in [0.717, 1.165) is 17.0 Å². The van der Waals surface area contributed by atoms with Gasteiger partial charge in [0, 0.05) is 35.2 Å². The second-order valence-electron chi connectivity index (χ2n) is 6.21. The van der Waals surface area contributed by atoms with Crippen molar-refractivity contribution in [2.24, 2.45) is 0 Å². The summed E-state index contributed by atoms with van der Waals surface area (Å²) in [5.74, 6) is 0.417. The van der Waals surface area contributed by atoms with Crippen LogP contribution in [0.25, 0.3) is 10.9 Å². The number of aromatic nitrogens is 1. The number of halogens is 1. The Morgan fingerprint density at radius 2 is 1.88 bits per heavy atom.